The lowest BCUT2D eigenvalue weighted by Crippen LogP contribution is -2.46. The minimum Gasteiger partial charge on any atom is -0.480 e. The Morgan fingerprint density at radius 3 is 2.67 bits per heavy atom. The molecule has 0 aromatic carbocycles. The Kier molecular flexibility index (Phi) is 4.74. The highest BCUT2D eigenvalue weighted by molar-refractivity contribution is 7.98. The number of hydrogen-bond donors (Lipinski definition) is 3. The molecule has 6 heteroatoms. The zero-order valence-corrected chi connectivity index (χ0v) is 9.47. The summed E-state index contributed by atoms with van der Waals surface area (Å²) in [5, 5.41) is 14.0. The summed E-state index contributed by atoms with van der Waals surface area (Å²) in [5.74, 6) is -0.254. The van der Waals surface area contributed by atoms with Gasteiger partial charge in [-0.1, -0.05) is 0 Å². The van der Waals surface area contributed by atoms with Crippen molar-refractivity contribution in [3.8, 4) is 0 Å². The summed E-state index contributed by atoms with van der Waals surface area (Å²) in [4.78, 5) is 22.1. The highest BCUT2D eigenvalue weighted by atomic mass is 32.2. The van der Waals surface area contributed by atoms with Gasteiger partial charge in [0.25, 0.3) is 0 Å². The molecule has 5 nitrogen and oxygen atoms in total. The Labute approximate surface area is 93.0 Å². The average Bonchev–Trinajstić information content (AvgIpc) is 2.95. The van der Waals surface area contributed by atoms with Gasteiger partial charge in [0, 0.05) is 6.04 Å². The van der Waals surface area contributed by atoms with Crippen molar-refractivity contribution in [2.24, 2.45) is 0 Å². The summed E-state index contributed by atoms with van der Waals surface area (Å²) in [6.07, 6.45) is 4.35. The Balaban J connectivity index is 2.28. The molecule has 0 aliphatic heterocycles. The highest BCUT2D eigenvalue weighted by Crippen LogP contribution is 2.18. The number of nitrogens with one attached hydrogen (secondary N) is 2. The molecule has 0 aromatic heterocycles. The number of amides is 2. The van der Waals surface area contributed by atoms with Crippen LogP contribution in [-0.2, 0) is 4.79 Å². The molecule has 0 radical (unpaired) electrons. The van der Waals surface area contributed by atoms with Crippen molar-refractivity contribution in [1.29, 1.82) is 0 Å². The maximum atomic E-state index is 11.3. The molecule has 0 saturated heterocycles. The molecule has 15 heavy (non-hydrogen) atoms. The van der Waals surface area contributed by atoms with Gasteiger partial charge in [-0.05, 0) is 31.3 Å². The third kappa shape index (κ3) is 4.92. The van der Waals surface area contributed by atoms with Crippen molar-refractivity contribution in [3.63, 3.8) is 0 Å². The van der Waals surface area contributed by atoms with Gasteiger partial charge in [-0.15, -0.1) is 0 Å². The lowest BCUT2D eigenvalue weighted by atomic mass is 10.2. The molecule has 1 saturated carbocycles. The molecule has 1 aliphatic rings. The van der Waals surface area contributed by atoms with E-state index in [1.807, 2.05) is 6.26 Å². The summed E-state index contributed by atoms with van der Waals surface area (Å²) in [5.41, 5.74) is 0. The highest BCUT2D eigenvalue weighted by Gasteiger charge is 2.25. The van der Waals surface area contributed by atoms with Crippen LogP contribution >= 0.6 is 11.8 Å². The molecule has 1 rings (SSSR count). The van der Waals surface area contributed by atoms with Crippen LogP contribution in [0.25, 0.3) is 0 Å². The number of aliphatic carboxylic acids is 1. The average molecular weight is 232 g/mol. The molecule has 3 N–H and O–H groups in total. The van der Waals surface area contributed by atoms with Crippen molar-refractivity contribution in [1.82, 2.24) is 10.6 Å². The largest absolute Gasteiger partial charge is 0.480 e. The Morgan fingerprint density at radius 2 is 2.20 bits per heavy atom. The summed E-state index contributed by atoms with van der Waals surface area (Å²) >= 11 is 1.57. The van der Waals surface area contributed by atoms with Gasteiger partial charge in [-0.25, -0.2) is 9.59 Å². The van der Waals surface area contributed by atoms with Crippen molar-refractivity contribution < 1.29 is 14.7 Å². The van der Waals surface area contributed by atoms with E-state index in [-0.39, 0.29) is 12.1 Å². The van der Waals surface area contributed by atoms with Crippen LogP contribution < -0.4 is 10.6 Å². The van der Waals surface area contributed by atoms with Crippen molar-refractivity contribution in [2.75, 3.05) is 12.0 Å². The Hall–Kier alpha value is -0.910. The van der Waals surface area contributed by atoms with Gasteiger partial charge in [-0.2, -0.15) is 11.8 Å². The lowest BCUT2D eigenvalue weighted by molar-refractivity contribution is -0.139. The number of hydrogen-bond acceptors (Lipinski definition) is 3. The molecule has 2 amide bonds. The van der Waals surface area contributed by atoms with Crippen molar-refractivity contribution >= 4 is 23.8 Å². The van der Waals surface area contributed by atoms with Gasteiger partial charge in [0.15, 0.2) is 0 Å². The Morgan fingerprint density at radius 1 is 1.53 bits per heavy atom. The minimum absolute atomic E-state index is 0.250. The lowest BCUT2D eigenvalue weighted by Gasteiger charge is -2.14. The van der Waals surface area contributed by atoms with Gasteiger partial charge in [0.1, 0.15) is 6.04 Å². The summed E-state index contributed by atoms with van der Waals surface area (Å²) in [6.45, 7) is 0. The molecule has 0 spiro atoms. The SMILES string of the molecule is CSCC[C@H](NC(=O)NC1CC1)C(=O)O. The Bertz CT molecular complexity index is 244. The molecule has 0 aromatic rings. The summed E-state index contributed by atoms with van der Waals surface area (Å²) < 4.78 is 0. The van der Waals surface area contributed by atoms with Crippen LogP contribution in [0.2, 0.25) is 0 Å². The van der Waals surface area contributed by atoms with Crippen LogP contribution in [-0.4, -0.2) is 41.2 Å². The minimum atomic E-state index is -0.977. The van der Waals surface area contributed by atoms with Crippen molar-refractivity contribution in [2.45, 2.75) is 31.3 Å². The third-order valence-corrected chi connectivity index (χ3v) is 2.77. The topological polar surface area (TPSA) is 78.4 Å². The number of carboxylic acids is 1. The second-order valence-electron chi connectivity index (χ2n) is 3.56. The number of carbonyl (C=O) groups excluding carboxylic acids is 1. The smallest absolute Gasteiger partial charge is 0.326 e. The standard InChI is InChI=1S/C9H16N2O3S/c1-15-5-4-7(8(12)13)11-9(14)10-6-2-3-6/h6-7H,2-5H2,1H3,(H,12,13)(H2,10,11,14)/t7-/m0/s1. The summed E-state index contributed by atoms with van der Waals surface area (Å²) in [7, 11) is 0. The van der Waals surface area contributed by atoms with E-state index < -0.39 is 12.0 Å². The maximum absolute atomic E-state index is 11.3. The van der Waals surface area contributed by atoms with E-state index in [1.165, 1.54) is 0 Å². The van der Waals surface area contributed by atoms with E-state index in [4.69, 9.17) is 5.11 Å². The summed E-state index contributed by atoms with van der Waals surface area (Å²) in [6, 6.07) is -0.901. The van der Waals surface area contributed by atoms with Gasteiger partial charge in [0.2, 0.25) is 0 Å². The monoisotopic (exact) mass is 232 g/mol. The number of carboxylic acid groups (broad SMARTS) is 1. The van der Waals surface area contributed by atoms with E-state index in [1.54, 1.807) is 11.8 Å². The molecular weight excluding hydrogens is 216 g/mol. The van der Waals surface area contributed by atoms with Crippen LogP contribution in [0.15, 0.2) is 0 Å². The molecular formula is C9H16N2O3S. The molecule has 1 aliphatic carbocycles. The normalized spacial score (nSPS) is 16.9. The molecule has 86 valence electrons. The van der Waals surface area contributed by atoms with E-state index in [9.17, 15) is 9.59 Å². The number of carbonyl (C=O) groups is 2. The van der Waals surface area contributed by atoms with Crippen LogP contribution in [0.1, 0.15) is 19.3 Å². The zero-order chi connectivity index (χ0) is 11.3. The first kappa shape index (κ1) is 12.2. The number of thioether (sulfide) groups is 1. The second-order valence-corrected chi connectivity index (χ2v) is 4.55. The third-order valence-electron chi connectivity index (χ3n) is 2.13. The van der Waals surface area contributed by atoms with Crippen LogP contribution in [0.5, 0.6) is 0 Å². The number of rotatable bonds is 6. The maximum Gasteiger partial charge on any atom is 0.326 e. The number of urea groups is 1. The molecule has 0 bridgehead atoms. The van der Waals surface area contributed by atoms with E-state index in [2.05, 4.69) is 10.6 Å². The van der Waals surface area contributed by atoms with E-state index >= 15 is 0 Å². The first-order valence-corrected chi connectivity index (χ1v) is 6.31. The van der Waals surface area contributed by atoms with Crippen molar-refractivity contribution in [3.05, 3.63) is 0 Å². The van der Waals surface area contributed by atoms with E-state index in [0.29, 0.717) is 6.42 Å². The predicted molar refractivity (Wildman–Crippen MR) is 59.1 cm³/mol. The van der Waals surface area contributed by atoms with E-state index in [0.717, 1.165) is 18.6 Å². The molecule has 0 unspecified atom stereocenters. The van der Waals surface area contributed by atoms with Crippen LogP contribution in [0, 0.1) is 0 Å². The van der Waals surface area contributed by atoms with Gasteiger partial charge in [0.05, 0.1) is 0 Å². The first-order chi connectivity index (χ1) is 7.13. The quantitative estimate of drug-likeness (QED) is 0.628. The molecule has 1 atom stereocenters. The second kappa shape index (κ2) is 5.85. The molecule has 1 fully saturated rings. The first-order valence-electron chi connectivity index (χ1n) is 4.92. The fourth-order valence-corrected chi connectivity index (χ4v) is 1.58. The predicted octanol–water partition coefficient (Wildman–Crippen LogP) is 0.654. The van der Waals surface area contributed by atoms with Gasteiger partial charge >= 0.3 is 12.0 Å². The fourth-order valence-electron chi connectivity index (χ4n) is 1.11. The zero-order valence-electron chi connectivity index (χ0n) is 8.66. The fraction of sp³-hybridized carbons (Fsp3) is 0.778. The van der Waals surface area contributed by atoms with Crippen LogP contribution in [0.3, 0.4) is 0 Å². The van der Waals surface area contributed by atoms with Gasteiger partial charge < -0.3 is 15.7 Å². The van der Waals surface area contributed by atoms with Crippen LogP contribution in [0.4, 0.5) is 4.79 Å². The van der Waals surface area contributed by atoms with Gasteiger partial charge in [-0.3, -0.25) is 0 Å². The molecule has 0 heterocycles.